The van der Waals surface area contributed by atoms with Gasteiger partial charge in [-0.3, -0.25) is 0 Å². The van der Waals surface area contributed by atoms with Crippen molar-refractivity contribution in [3.05, 3.63) is 41.0 Å². The summed E-state index contributed by atoms with van der Waals surface area (Å²) in [7, 11) is 1.63. The third kappa shape index (κ3) is 2.51. The van der Waals surface area contributed by atoms with E-state index in [-0.39, 0.29) is 5.57 Å². The van der Waals surface area contributed by atoms with Crippen molar-refractivity contribution in [3.63, 3.8) is 0 Å². The molecule has 3 heterocycles. The van der Waals surface area contributed by atoms with Crippen molar-refractivity contribution >= 4 is 16.9 Å². The van der Waals surface area contributed by atoms with Gasteiger partial charge in [0.05, 0.1) is 13.2 Å². The Balaban J connectivity index is 1.84. The first-order valence-corrected chi connectivity index (χ1v) is 8.17. The fraction of sp³-hybridized carbons (Fsp3) is 0.389. The molecule has 0 aliphatic carbocycles. The van der Waals surface area contributed by atoms with Gasteiger partial charge in [-0.05, 0) is 30.2 Å². The number of ether oxygens (including phenoxy) is 3. The summed E-state index contributed by atoms with van der Waals surface area (Å²) in [5, 5.41) is 14.6. The van der Waals surface area contributed by atoms with Crippen LogP contribution in [0.2, 0.25) is 0 Å². The summed E-state index contributed by atoms with van der Waals surface area (Å²) in [4.78, 5) is 15.8. The summed E-state index contributed by atoms with van der Waals surface area (Å²) in [6, 6.07) is 5.27. The smallest absolute Gasteiger partial charge is 0.346 e. The summed E-state index contributed by atoms with van der Waals surface area (Å²) in [5.74, 6) is -1.40. The standard InChI is InChI=1S/C18H20N2O5/c1-18(2)24-16(21)13(17(22)25-18)15-14-10(6-7-19-15)11-8-9(23-3)4-5-12(11)20-14/h4-5,8,15,19-21H,6-7H2,1-3H3. The van der Waals surface area contributed by atoms with Crippen LogP contribution in [-0.2, 0) is 20.7 Å². The lowest BCUT2D eigenvalue weighted by molar-refractivity contribution is -0.222. The molecule has 0 bridgehead atoms. The molecular weight excluding hydrogens is 324 g/mol. The number of benzene rings is 1. The number of esters is 1. The Hall–Kier alpha value is -2.67. The van der Waals surface area contributed by atoms with Gasteiger partial charge < -0.3 is 29.6 Å². The van der Waals surface area contributed by atoms with Crippen molar-refractivity contribution < 1.29 is 24.1 Å². The number of aliphatic hydroxyl groups is 1. The van der Waals surface area contributed by atoms with Crippen molar-refractivity contribution in [2.45, 2.75) is 32.1 Å². The van der Waals surface area contributed by atoms with Gasteiger partial charge in [-0.2, -0.15) is 0 Å². The number of fused-ring (bicyclic) bond motifs is 3. The third-order valence-corrected chi connectivity index (χ3v) is 4.58. The van der Waals surface area contributed by atoms with Crippen molar-refractivity contribution in [2.24, 2.45) is 0 Å². The van der Waals surface area contributed by atoms with Crippen LogP contribution in [0.3, 0.4) is 0 Å². The molecule has 1 atom stereocenters. The van der Waals surface area contributed by atoms with Gasteiger partial charge in [-0.25, -0.2) is 4.79 Å². The molecule has 0 amide bonds. The second-order valence-corrected chi connectivity index (χ2v) is 6.68. The molecule has 1 aromatic heterocycles. The van der Waals surface area contributed by atoms with Crippen LogP contribution >= 0.6 is 0 Å². The SMILES string of the molecule is COc1ccc2[nH]c3c(c2c1)CCNC3C1=C(O)OC(C)(C)OC1=O. The highest BCUT2D eigenvalue weighted by Crippen LogP contribution is 2.38. The van der Waals surface area contributed by atoms with E-state index < -0.39 is 23.7 Å². The lowest BCUT2D eigenvalue weighted by Crippen LogP contribution is -2.42. The number of carbonyl (C=O) groups excluding carboxylic acids is 1. The summed E-state index contributed by atoms with van der Waals surface area (Å²) in [6.07, 6.45) is 0.800. The summed E-state index contributed by atoms with van der Waals surface area (Å²) in [5.41, 5.74) is 2.95. The molecule has 2 aromatic rings. The van der Waals surface area contributed by atoms with Crippen LogP contribution in [0.25, 0.3) is 10.9 Å². The highest BCUT2D eigenvalue weighted by Gasteiger charge is 2.42. The van der Waals surface area contributed by atoms with E-state index in [2.05, 4.69) is 10.3 Å². The Labute approximate surface area is 144 Å². The number of hydrogen-bond acceptors (Lipinski definition) is 6. The number of methoxy groups -OCH3 is 1. The van der Waals surface area contributed by atoms with Gasteiger partial charge in [-0.15, -0.1) is 0 Å². The van der Waals surface area contributed by atoms with E-state index in [1.165, 1.54) is 0 Å². The molecule has 132 valence electrons. The monoisotopic (exact) mass is 344 g/mol. The molecule has 0 radical (unpaired) electrons. The van der Waals surface area contributed by atoms with Gasteiger partial charge in [-0.1, -0.05) is 0 Å². The van der Waals surface area contributed by atoms with Crippen LogP contribution in [0, 0.1) is 0 Å². The quantitative estimate of drug-likeness (QED) is 0.725. The molecule has 0 fully saturated rings. The minimum Gasteiger partial charge on any atom is -0.497 e. The maximum absolute atomic E-state index is 12.5. The molecule has 2 aliphatic rings. The zero-order valence-electron chi connectivity index (χ0n) is 14.3. The number of aromatic amines is 1. The molecule has 1 unspecified atom stereocenters. The molecule has 4 rings (SSSR count). The van der Waals surface area contributed by atoms with Crippen LogP contribution in [-0.4, -0.2) is 35.5 Å². The van der Waals surface area contributed by atoms with Crippen molar-refractivity contribution in [1.29, 1.82) is 0 Å². The number of nitrogens with one attached hydrogen (secondary N) is 2. The number of hydrogen-bond donors (Lipinski definition) is 3. The Morgan fingerprint density at radius 3 is 2.84 bits per heavy atom. The van der Waals surface area contributed by atoms with Crippen molar-refractivity contribution in [2.75, 3.05) is 13.7 Å². The molecule has 0 spiro atoms. The van der Waals surface area contributed by atoms with E-state index in [4.69, 9.17) is 14.2 Å². The second kappa shape index (κ2) is 5.42. The first-order valence-electron chi connectivity index (χ1n) is 8.17. The van der Waals surface area contributed by atoms with E-state index in [9.17, 15) is 9.90 Å². The lowest BCUT2D eigenvalue weighted by Gasteiger charge is -2.34. The van der Waals surface area contributed by atoms with Gasteiger partial charge in [0.15, 0.2) is 0 Å². The maximum Gasteiger partial charge on any atom is 0.346 e. The molecule has 0 saturated heterocycles. The molecule has 2 aliphatic heterocycles. The van der Waals surface area contributed by atoms with Gasteiger partial charge in [0.1, 0.15) is 11.3 Å². The van der Waals surface area contributed by atoms with Gasteiger partial charge >= 0.3 is 5.97 Å². The van der Waals surface area contributed by atoms with Crippen LogP contribution < -0.4 is 10.1 Å². The van der Waals surface area contributed by atoms with Gasteiger partial charge in [0.2, 0.25) is 0 Å². The Bertz CT molecular complexity index is 896. The van der Waals surface area contributed by atoms with Gasteiger partial charge in [0, 0.05) is 37.0 Å². The normalized spacial score (nSPS) is 22.4. The zero-order chi connectivity index (χ0) is 17.8. The van der Waals surface area contributed by atoms with E-state index >= 15 is 0 Å². The second-order valence-electron chi connectivity index (χ2n) is 6.68. The number of carbonyl (C=O) groups is 1. The summed E-state index contributed by atoms with van der Waals surface area (Å²) in [6.45, 7) is 3.81. The molecule has 7 heteroatoms. The fourth-order valence-electron chi connectivity index (χ4n) is 3.50. The largest absolute Gasteiger partial charge is 0.497 e. The molecule has 7 nitrogen and oxygen atoms in total. The predicted octanol–water partition coefficient (Wildman–Crippen LogP) is 2.44. The first-order chi connectivity index (χ1) is 11.9. The van der Waals surface area contributed by atoms with Crippen LogP contribution in [0.15, 0.2) is 29.7 Å². The van der Waals surface area contributed by atoms with Crippen LogP contribution in [0.4, 0.5) is 0 Å². The van der Waals surface area contributed by atoms with Crippen molar-refractivity contribution in [1.82, 2.24) is 10.3 Å². The zero-order valence-corrected chi connectivity index (χ0v) is 14.3. The van der Waals surface area contributed by atoms with Gasteiger partial charge in [0.25, 0.3) is 11.7 Å². The van der Waals surface area contributed by atoms with Crippen LogP contribution in [0.1, 0.15) is 31.1 Å². The molecule has 25 heavy (non-hydrogen) atoms. The highest BCUT2D eigenvalue weighted by atomic mass is 16.8. The minimum absolute atomic E-state index is 0.0822. The Kier molecular flexibility index (Phi) is 3.43. The van der Waals surface area contributed by atoms with E-state index in [0.29, 0.717) is 6.54 Å². The third-order valence-electron chi connectivity index (χ3n) is 4.58. The lowest BCUT2D eigenvalue weighted by atomic mass is 9.94. The number of cyclic esters (lactones) is 1. The summed E-state index contributed by atoms with van der Waals surface area (Å²) < 4.78 is 15.9. The van der Waals surface area contributed by atoms with E-state index in [1.54, 1.807) is 21.0 Å². The average Bonchev–Trinajstić information content (AvgIpc) is 2.91. The number of aliphatic hydroxyl groups excluding tert-OH is 1. The Morgan fingerprint density at radius 1 is 1.32 bits per heavy atom. The van der Waals surface area contributed by atoms with Crippen LogP contribution in [0.5, 0.6) is 5.75 Å². The number of rotatable bonds is 2. The Morgan fingerprint density at radius 2 is 2.12 bits per heavy atom. The highest BCUT2D eigenvalue weighted by molar-refractivity contribution is 5.93. The topological polar surface area (TPSA) is 92.8 Å². The molecule has 3 N–H and O–H groups in total. The molecule has 0 saturated carbocycles. The maximum atomic E-state index is 12.5. The minimum atomic E-state index is -1.18. The van der Waals surface area contributed by atoms with E-state index in [0.717, 1.165) is 34.3 Å². The average molecular weight is 344 g/mol. The predicted molar refractivity (Wildman–Crippen MR) is 90.2 cm³/mol. The number of aromatic nitrogens is 1. The van der Waals surface area contributed by atoms with E-state index in [1.807, 2.05) is 18.2 Å². The number of H-pyrrole nitrogens is 1. The first kappa shape index (κ1) is 15.8. The summed E-state index contributed by atoms with van der Waals surface area (Å²) >= 11 is 0. The molecular formula is C18H20N2O5. The fourth-order valence-corrected chi connectivity index (χ4v) is 3.50. The van der Waals surface area contributed by atoms with Crippen molar-refractivity contribution in [3.8, 4) is 5.75 Å². The molecule has 1 aromatic carbocycles.